The van der Waals surface area contributed by atoms with E-state index < -0.39 is 22.0 Å². The number of halogens is 4. The molecule has 0 saturated heterocycles. The standard InChI is InChI=1S/C18H21BrN2O3S.C2HF3O2/c1-21(2)13-14-4-3-5-16(12-14)20-18(22)10-11-25(23,24)17-8-6-15(19)7-9-17;3-2(4,5)1(6)7/h3-9,12H,10-11,13H2,1-2H3,(H,20,22);(H,6,7). The van der Waals surface area contributed by atoms with Gasteiger partial charge in [-0.25, -0.2) is 13.2 Å². The molecule has 0 bridgehead atoms. The lowest BCUT2D eigenvalue weighted by Gasteiger charge is -2.11. The van der Waals surface area contributed by atoms with Gasteiger partial charge < -0.3 is 15.3 Å². The Morgan fingerprint density at radius 2 is 1.66 bits per heavy atom. The second-order valence-electron chi connectivity index (χ2n) is 6.81. The molecule has 32 heavy (non-hydrogen) atoms. The van der Waals surface area contributed by atoms with Crippen molar-refractivity contribution in [1.82, 2.24) is 4.90 Å². The van der Waals surface area contributed by atoms with Gasteiger partial charge in [0.15, 0.2) is 9.84 Å². The quantitative estimate of drug-likeness (QED) is 0.553. The summed E-state index contributed by atoms with van der Waals surface area (Å²) in [6.45, 7) is 0.766. The van der Waals surface area contributed by atoms with E-state index in [1.807, 2.05) is 37.2 Å². The molecule has 2 aromatic carbocycles. The Morgan fingerprint density at radius 3 is 2.16 bits per heavy atom. The molecule has 7 nitrogen and oxygen atoms in total. The van der Waals surface area contributed by atoms with E-state index in [1.54, 1.807) is 18.2 Å². The Labute approximate surface area is 192 Å². The molecule has 1 amide bonds. The van der Waals surface area contributed by atoms with E-state index in [4.69, 9.17) is 9.90 Å². The largest absolute Gasteiger partial charge is 0.490 e. The van der Waals surface area contributed by atoms with Crippen molar-refractivity contribution in [2.24, 2.45) is 0 Å². The highest BCUT2D eigenvalue weighted by molar-refractivity contribution is 9.10. The zero-order valence-electron chi connectivity index (χ0n) is 17.2. The molecule has 0 fully saturated rings. The molecule has 0 aliphatic rings. The predicted molar refractivity (Wildman–Crippen MR) is 117 cm³/mol. The van der Waals surface area contributed by atoms with Gasteiger partial charge in [0.2, 0.25) is 5.91 Å². The van der Waals surface area contributed by atoms with Crippen LogP contribution < -0.4 is 5.32 Å². The van der Waals surface area contributed by atoms with Crippen LogP contribution in [0.5, 0.6) is 0 Å². The maximum atomic E-state index is 12.3. The van der Waals surface area contributed by atoms with Gasteiger partial charge in [-0.2, -0.15) is 13.2 Å². The molecular weight excluding hydrogens is 517 g/mol. The zero-order chi connectivity index (χ0) is 24.5. The van der Waals surface area contributed by atoms with Gasteiger partial charge in [-0.3, -0.25) is 4.79 Å². The zero-order valence-corrected chi connectivity index (χ0v) is 19.6. The van der Waals surface area contributed by atoms with E-state index in [0.29, 0.717) is 5.69 Å². The van der Waals surface area contributed by atoms with Crippen molar-refractivity contribution in [1.29, 1.82) is 0 Å². The van der Waals surface area contributed by atoms with Gasteiger partial charge >= 0.3 is 12.1 Å². The summed E-state index contributed by atoms with van der Waals surface area (Å²) in [6, 6.07) is 13.9. The topological polar surface area (TPSA) is 104 Å². The monoisotopic (exact) mass is 538 g/mol. The first-order valence-electron chi connectivity index (χ1n) is 9.02. The summed E-state index contributed by atoms with van der Waals surface area (Å²) in [7, 11) is 0.464. The fourth-order valence-electron chi connectivity index (χ4n) is 2.32. The fraction of sp³-hybridized carbons (Fsp3) is 0.300. The second kappa shape index (κ2) is 12.0. The summed E-state index contributed by atoms with van der Waals surface area (Å²) in [5, 5.41) is 9.88. The number of rotatable bonds is 7. The Bertz CT molecular complexity index is 1030. The van der Waals surface area contributed by atoms with Crippen LogP contribution >= 0.6 is 15.9 Å². The molecule has 2 rings (SSSR count). The number of carboxylic acids is 1. The van der Waals surface area contributed by atoms with Crippen LogP contribution in [-0.2, 0) is 26.0 Å². The van der Waals surface area contributed by atoms with E-state index >= 15 is 0 Å². The average molecular weight is 539 g/mol. The number of anilines is 1. The smallest absolute Gasteiger partial charge is 0.475 e. The number of carboxylic acid groups (broad SMARTS) is 1. The fourth-order valence-corrected chi connectivity index (χ4v) is 3.83. The Balaban J connectivity index is 0.000000633. The van der Waals surface area contributed by atoms with Crippen molar-refractivity contribution in [3.63, 3.8) is 0 Å². The lowest BCUT2D eigenvalue weighted by atomic mass is 10.2. The number of sulfone groups is 1. The first-order valence-corrected chi connectivity index (χ1v) is 11.5. The summed E-state index contributed by atoms with van der Waals surface area (Å²) in [6.07, 6.45) is -5.17. The van der Waals surface area contributed by atoms with Crippen LogP contribution in [-0.4, -0.2) is 56.3 Å². The number of carbonyl (C=O) groups is 2. The predicted octanol–water partition coefficient (Wildman–Crippen LogP) is 3.95. The highest BCUT2D eigenvalue weighted by atomic mass is 79.9. The van der Waals surface area contributed by atoms with Crippen LogP contribution in [0.2, 0.25) is 0 Å². The lowest BCUT2D eigenvalue weighted by molar-refractivity contribution is -0.192. The van der Waals surface area contributed by atoms with Crippen molar-refractivity contribution in [3.8, 4) is 0 Å². The van der Waals surface area contributed by atoms with Crippen molar-refractivity contribution in [2.75, 3.05) is 25.2 Å². The number of nitrogens with zero attached hydrogens (tertiary/aromatic N) is 1. The van der Waals surface area contributed by atoms with Gasteiger partial charge in [0.05, 0.1) is 10.6 Å². The van der Waals surface area contributed by atoms with Gasteiger partial charge in [-0.15, -0.1) is 0 Å². The van der Waals surface area contributed by atoms with E-state index in [0.717, 1.165) is 16.6 Å². The first-order chi connectivity index (χ1) is 14.7. The minimum Gasteiger partial charge on any atom is -0.475 e. The SMILES string of the molecule is CN(C)Cc1cccc(NC(=O)CCS(=O)(=O)c2ccc(Br)cc2)c1.O=C(O)C(F)(F)F. The number of hydrogen-bond acceptors (Lipinski definition) is 5. The first kappa shape index (κ1) is 27.6. The van der Waals surface area contributed by atoms with Crippen LogP contribution in [0, 0.1) is 0 Å². The van der Waals surface area contributed by atoms with Crippen LogP contribution in [0.1, 0.15) is 12.0 Å². The number of amides is 1. The third-order valence-corrected chi connectivity index (χ3v) is 5.98. The molecular formula is C20H22BrF3N2O5S. The number of alkyl halides is 3. The number of benzene rings is 2. The van der Waals surface area contributed by atoms with Gasteiger partial charge in [0.25, 0.3) is 0 Å². The summed E-state index contributed by atoms with van der Waals surface area (Å²) in [4.78, 5) is 23.2. The Morgan fingerprint density at radius 1 is 1.09 bits per heavy atom. The maximum Gasteiger partial charge on any atom is 0.490 e. The minimum atomic E-state index is -5.08. The maximum absolute atomic E-state index is 12.3. The minimum absolute atomic E-state index is 0.0870. The van der Waals surface area contributed by atoms with E-state index in [9.17, 15) is 26.4 Å². The molecule has 176 valence electrons. The Hall–Kier alpha value is -2.44. The average Bonchev–Trinajstić information content (AvgIpc) is 2.66. The molecule has 0 unspecified atom stereocenters. The van der Waals surface area contributed by atoms with Crippen molar-refractivity contribution in [3.05, 3.63) is 58.6 Å². The molecule has 12 heteroatoms. The van der Waals surface area contributed by atoms with Crippen molar-refractivity contribution >= 4 is 43.3 Å². The van der Waals surface area contributed by atoms with Gasteiger partial charge in [0.1, 0.15) is 0 Å². The second-order valence-corrected chi connectivity index (χ2v) is 9.84. The lowest BCUT2D eigenvalue weighted by Crippen LogP contribution is -2.21. The summed E-state index contributed by atoms with van der Waals surface area (Å²) >= 11 is 3.27. The summed E-state index contributed by atoms with van der Waals surface area (Å²) in [5.41, 5.74) is 1.75. The Kier molecular flexibility index (Phi) is 10.3. The van der Waals surface area contributed by atoms with Crippen LogP contribution in [0.25, 0.3) is 0 Å². The summed E-state index contributed by atoms with van der Waals surface area (Å²) in [5.74, 6) is -3.30. The number of nitrogens with one attached hydrogen (secondary N) is 1. The number of aliphatic carboxylic acids is 1. The van der Waals surface area contributed by atoms with E-state index in [1.165, 1.54) is 12.1 Å². The molecule has 0 aliphatic carbocycles. The molecule has 0 aromatic heterocycles. The van der Waals surface area contributed by atoms with E-state index in [-0.39, 0.29) is 23.0 Å². The highest BCUT2D eigenvalue weighted by Gasteiger charge is 2.38. The highest BCUT2D eigenvalue weighted by Crippen LogP contribution is 2.17. The van der Waals surface area contributed by atoms with Crippen LogP contribution in [0.15, 0.2) is 57.9 Å². The van der Waals surface area contributed by atoms with Gasteiger partial charge in [-0.1, -0.05) is 28.1 Å². The van der Waals surface area contributed by atoms with Crippen molar-refractivity contribution < 1.29 is 36.3 Å². The third kappa shape index (κ3) is 10.2. The van der Waals surface area contributed by atoms with E-state index in [2.05, 4.69) is 21.2 Å². The van der Waals surface area contributed by atoms with Gasteiger partial charge in [0, 0.05) is 23.1 Å². The molecule has 0 saturated carbocycles. The summed E-state index contributed by atoms with van der Waals surface area (Å²) < 4.78 is 57.1. The van der Waals surface area contributed by atoms with Crippen molar-refractivity contribution in [2.45, 2.75) is 24.0 Å². The van der Waals surface area contributed by atoms with Crippen LogP contribution in [0.4, 0.5) is 18.9 Å². The number of hydrogen-bond donors (Lipinski definition) is 2. The van der Waals surface area contributed by atoms with Crippen LogP contribution in [0.3, 0.4) is 0 Å². The molecule has 2 N–H and O–H groups in total. The molecule has 0 heterocycles. The normalized spacial score (nSPS) is 11.5. The molecule has 0 spiro atoms. The molecule has 0 radical (unpaired) electrons. The molecule has 2 aromatic rings. The molecule has 0 aliphatic heterocycles. The number of carbonyl (C=O) groups excluding carboxylic acids is 1. The third-order valence-electron chi connectivity index (χ3n) is 3.72. The molecule has 0 atom stereocenters. The van der Waals surface area contributed by atoms with Gasteiger partial charge in [-0.05, 0) is 56.1 Å².